The Bertz CT molecular complexity index is 3050. The van der Waals surface area contributed by atoms with Crippen LogP contribution < -0.4 is 9.62 Å². The molecule has 3 heterocycles. The summed E-state index contributed by atoms with van der Waals surface area (Å²) in [6, 6.07) is 6.44. The molecule has 2 aromatic carbocycles. The number of hydrogen-bond acceptors (Lipinski definition) is 8. The highest BCUT2D eigenvalue weighted by molar-refractivity contribution is 7.93. The number of fused-ring (bicyclic) bond motifs is 4. The minimum Gasteiger partial charge on any atom is -0.755 e. The highest BCUT2D eigenvalue weighted by Gasteiger charge is 2.67. The number of nitrogens with zero attached hydrogens (tertiary/aromatic N) is 6. The standard InChI is InChI=1S/C44H40ClF8N7O5S2/c1-42(2,67(64,65)25-5-6-25)11-10-24-4-7-26(27-8-9-30(45)35-38(27)58(19-32(48)49)57-41(35)60(66(62)63)43(3)12-13-43)36(54-24)31(16-21-14-22(46)17-23(47)15-21)55-33(61)20-59-39-34(37(56-59)40(50)51)28-18-29(28)44(39,52)53/h4,7-9,14-15,17,25,28-29,31-32,40H,5-6,12-13,16,18-20H2,1-3H3,(H,55,61)(H,62,63)/p-1/t28-,29+,31-/m0/s1. The summed E-state index contributed by atoms with van der Waals surface area (Å²) in [6.07, 6.45) is -5.11. The Morgan fingerprint density at radius 3 is 2.31 bits per heavy atom. The maximum Gasteiger partial charge on any atom is 0.293 e. The first kappa shape index (κ1) is 47.0. The Hall–Kier alpha value is -5.11. The van der Waals surface area contributed by atoms with Crippen LogP contribution in [-0.4, -0.2) is 69.6 Å². The molecular weight excluding hydrogens is 958 g/mol. The molecule has 23 heteroatoms. The molecule has 356 valence electrons. The van der Waals surface area contributed by atoms with Gasteiger partial charge in [-0.25, -0.2) is 39.7 Å². The third-order valence-corrected chi connectivity index (χ3v) is 16.9. The van der Waals surface area contributed by atoms with Crippen LogP contribution in [0.5, 0.6) is 0 Å². The molecule has 0 radical (unpaired) electrons. The van der Waals surface area contributed by atoms with Gasteiger partial charge in [0.2, 0.25) is 5.91 Å². The normalized spacial score (nSPS) is 20.0. The summed E-state index contributed by atoms with van der Waals surface area (Å²) in [5, 5.41) is 9.97. The second kappa shape index (κ2) is 16.5. The van der Waals surface area contributed by atoms with Gasteiger partial charge in [-0.3, -0.25) is 22.7 Å². The van der Waals surface area contributed by atoms with Gasteiger partial charge >= 0.3 is 0 Å². The number of alkyl halides is 6. The molecule has 1 N–H and O–H groups in total. The van der Waals surface area contributed by atoms with E-state index in [-0.39, 0.29) is 61.8 Å². The van der Waals surface area contributed by atoms with Gasteiger partial charge in [-0.2, -0.15) is 19.0 Å². The molecule has 4 atom stereocenters. The average molecular weight is 997 g/mol. The van der Waals surface area contributed by atoms with Crippen molar-refractivity contribution in [3.63, 3.8) is 0 Å². The zero-order chi connectivity index (χ0) is 48.3. The number of pyridine rings is 1. The summed E-state index contributed by atoms with van der Waals surface area (Å²) in [5.74, 6) is -3.59. The Morgan fingerprint density at radius 1 is 1.03 bits per heavy atom. The maximum atomic E-state index is 15.6. The molecule has 4 aliphatic carbocycles. The summed E-state index contributed by atoms with van der Waals surface area (Å²) in [7, 11) is -3.75. The first-order chi connectivity index (χ1) is 31.4. The number of rotatable bonds is 15. The summed E-state index contributed by atoms with van der Waals surface area (Å²) < 4.78 is 171. The Labute approximate surface area is 385 Å². The highest BCUT2D eigenvalue weighted by Crippen LogP contribution is 2.68. The van der Waals surface area contributed by atoms with E-state index in [2.05, 4.69) is 27.4 Å². The number of halogens is 9. The van der Waals surface area contributed by atoms with Gasteiger partial charge in [-0.15, -0.1) is 0 Å². The molecule has 12 nitrogen and oxygen atoms in total. The predicted octanol–water partition coefficient (Wildman–Crippen LogP) is 8.60. The lowest BCUT2D eigenvalue weighted by molar-refractivity contribution is -0.123. The van der Waals surface area contributed by atoms with E-state index in [4.69, 9.17) is 16.6 Å². The molecule has 67 heavy (non-hydrogen) atoms. The predicted molar refractivity (Wildman–Crippen MR) is 229 cm³/mol. The van der Waals surface area contributed by atoms with Crippen LogP contribution in [0, 0.1) is 29.4 Å². The molecule has 1 amide bonds. The van der Waals surface area contributed by atoms with Gasteiger partial charge in [0, 0.05) is 39.9 Å². The number of aromatic nitrogens is 5. The summed E-state index contributed by atoms with van der Waals surface area (Å²) in [5.41, 5.74) is -3.45. The van der Waals surface area contributed by atoms with E-state index in [0.717, 1.165) is 21.1 Å². The van der Waals surface area contributed by atoms with Gasteiger partial charge in [0.05, 0.1) is 38.5 Å². The van der Waals surface area contributed by atoms with Gasteiger partial charge in [0.1, 0.15) is 46.6 Å². The van der Waals surface area contributed by atoms with Crippen molar-refractivity contribution in [3.8, 4) is 23.0 Å². The first-order valence-electron chi connectivity index (χ1n) is 21.1. The van der Waals surface area contributed by atoms with E-state index in [0.29, 0.717) is 36.4 Å². The maximum absolute atomic E-state index is 15.6. The van der Waals surface area contributed by atoms with Crippen molar-refractivity contribution < 1.29 is 57.1 Å². The molecule has 3 saturated carbocycles. The Balaban J connectivity index is 1.23. The topological polar surface area (TPSA) is 155 Å². The van der Waals surface area contributed by atoms with Crippen molar-refractivity contribution in [2.45, 2.75) is 119 Å². The second-order valence-electron chi connectivity index (χ2n) is 18.1. The lowest BCUT2D eigenvalue weighted by Gasteiger charge is -2.31. The summed E-state index contributed by atoms with van der Waals surface area (Å²) >= 11 is 3.78. The molecule has 0 aliphatic heterocycles. The third kappa shape index (κ3) is 8.47. The van der Waals surface area contributed by atoms with Crippen LogP contribution in [0.15, 0.2) is 42.5 Å². The Kier molecular flexibility index (Phi) is 11.6. The average Bonchev–Trinajstić information content (AvgIpc) is 4.17. The van der Waals surface area contributed by atoms with E-state index in [1.165, 1.54) is 38.1 Å². The van der Waals surface area contributed by atoms with Crippen molar-refractivity contribution >= 4 is 55.3 Å². The molecule has 0 bridgehead atoms. The van der Waals surface area contributed by atoms with Crippen molar-refractivity contribution in [2.75, 3.05) is 4.31 Å². The van der Waals surface area contributed by atoms with Crippen LogP contribution in [0.1, 0.15) is 105 Å². The Morgan fingerprint density at radius 2 is 1.70 bits per heavy atom. The fraction of sp³-hybridized carbons (Fsp3) is 0.455. The number of carbonyl (C=O) groups is 1. The van der Waals surface area contributed by atoms with E-state index < -0.39 is 122 Å². The number of hydrogen-bond donors (Lipinski definition) is 1. The molecule has 3 aromatic heterocycles. The molecule has 1 unspecified atom stereocenters. The van der Waals surface area contributed by atoms with E-state index in [1.54, 1.807) is 6.92 Å². The number of carbonyl (C=O) groups excluding carboxylic acids is 1. The fourth-order valence-electron chi connectivity index (χ4n) is 9.03. The molecule has 0 spiro atoms. The third-order valence-electron chi connectivity index (χ3n) is 12.8. The largest absolute Gasteiger partial charge is 0.755 e. The van der Waals surface area contributed by atoms with Crippen LogP contribution in [-0.2, 0) is 51.3 Å². The van der Waals surface area contributed by atoms with Crippen molar-refractivity contribution in [2.24, 2.45) is 5.92 Å². The minimum absolute atomic E-state index is 0.0141. The second-order valence-corrected chi connectivity index (χ2v) is 22.1. The first-order valence-corrected chi connectivity index (χ1v) is 24.0. The number of benzene rings is 2. The zero-order valence-corrected chi connectivity index (χ0v) is 38.0. The van der Waals surface area contributed by atoms with Crippen molar-refractivity contribution in [3.05, 3.63) is 93.0 Å². The number of anilines is 1. The van der Waals surface area contributed by atoms with E-state index in [1.807, 2.05) is 0 Å². The molecule has 3 fully saturated rings. The highest BCUT2D eigenvalue weighted by atomic mass is 35.5. The van der Waals surface area contributed by atoms with Gasteiger partial charge in [0.25, 0.3) is 18.8 Å². The molecule has 0 saturated heterocycles. The SMILES string of the molecule is CC1(N(c2nn(CC(F)F)c3c(-c4ccc(C#CC(C)(C)S(=O)(=O)C5CC5)nc4[C@H](Cc4cc(F)cc(F)c4)NC(=O)Cn4nc(C(F)F)c5c4C(F)(F)[C@@H]4C[C@H]54)ccc(Cl)c23)S(=O)[O-])CC1. The van der Waals surface area contributed by atoms with Crippen LogP contribution in [0.2, 0.25) is 5.02 Å². The van der Waals surface area contributed by atoms with Crippen LogP contribution in [0.3, 0.4) is 0 Å². The monoisotopic (exact) mass is 996 g/mol. The van der Waals surface area contributed by atoms with Gasteiger partial charge < -0.3 is 9.87 Å². The van der Waals surface area contributed by atoms with Gasteiger partial charge in [-0.05, 0) is 107 Å². The summed E-state index contributed by atoms with van der Waals surface area (Å²) in [6.45, 7) is 2.36. The fourth-order valence-corrected chi connectivity index (χ4v) is 11.9. The molecule has 4 aliphatic rings. The molecule has 9 rings (SSSR count). The van der Waals surface area contributed by atoms with Crippen molar-refractivity contribution in [1.29, 1.82) is 0 Å². The van der Waals surface area contributed by atoms with Crippen molar-refractivity contribution in [1.82, 2.24) is 29.9 Å². The molecule has 5 aromatic rings. The lowest BCUT2D eigenvalue weighted by Crippen LogP contribution is -2.37. The van der Waals surface area contributed by atoms with E-state index >= 15 is 8.78 Å². The summed E-state index contributed by atoms with van der Waals surface area (Å²) in [4.78, 5) is 18.9. The van der Waals surface area contributed by atoms with Crippen LogP contribution >= 0.6 is 11.6 Å². The van der Waals surface area contributed by atoms with Gasteiger partial charge in [0.15, 0.2) is 15.7 Å². The quantitative estimate of drug-likeness (QED) is 0.0622. The van der Waals surface area contributed by atoms with Gasteiger partial charge in [-0.1, -0.05) is 23.6 Å². The zero-order valence-electron chi connectivity index (χ0n) is 35.6. The lowest BCUT2D eigenvalue weighted by atomic mass is 9.93. The number of amides is 1. The number of sulfone groups is 1. The van der Waals surface area contributed by atoms with Crippen LogP contribution in [0.25, 0.3) is 22.0 Å². The number of nitrogens with one attached hydrogen (secondary N) is 1. The minimum atomic E-state index is -3.75. The molecular formula is C44H39ClF8N7O5S2-. The van der Waals surface area contributed by atoms with E-state index in [9.17, 15) is 48.3 Å². The smallest absolute Gasteiger partial charge is 0.293 e. The van der Waals surface area contributed by atoms with Crippen LogP contribution in [0.4, 0.5) is 40.9 Å².